The van der Waals surface area contributed by atoms with E-state index in [2.05, 4.69) is 5.32 Å². The van der Waals surface area contributed by atoms with Gasteiger partial charge in [0.1, 0.15) is 11.9 Å². The third-order valence-corrected chi connectivity index (χ3v) is 5.85. The maximum Gasteiger partial charge on any atom is 0.334 e. The van der Waals surface area contributed by atoms with Gasteiger partial charge in [0.2, 0.25) is 5.79 Å². The number of allylic oxidation sites excluding steroid dienone is 2. The van der Waals surface area contributed by atoms with Crippen LogP contribution in [0.5, 0.6) is 0 Å². The molecule has 2 aliphatic heterocycles. The lowest BCUT2D eigenvalue weighted by atomic mass is 9.88. The fourth-order valence-electron chi connectivity index (χ4n) is 3.93. The zero-order valence-corrected chi connectivity index (χ0v) is 16.3. The van der Waals surface area contributed by atoms with E-state index in [9.17, 15) is 9.59 Å². The molecule has 3 rings (SSSR count). The first-order chi connectivity index (χ1) is 12.3. The fourth-order valence-corrected chi connectivity index (χ4v) is 4.19. The Balaban J connectivity index is 1.74. The number of rotatable bonds is 2. The molecule has 0 saturated carbocycles. The Morgan fingerprint density at radius 1 is 1.38 bits per heavy atom. The highest BCUT2D eigenvalue weighted by Gasteiger charge is 2.52. The number of fused-ring (bicyclic) bond motifs is 1. The molecule has 3 atom stereocenters. The average molecular weight is 385 g/mol. The van der Waals surface area contributed by atoms with Crippen LogP contribution in [0.15, 0.2) is 22.4 Å². The summed E-state index contributed by atoms with van der Waals surface area (Å²) < 4.78 is 17.3. The topological polar surface area (TPSA) is 77.1 Å². The molecule has 7 nitrogen and oxygen atoms in total. The minimum absolute atomic E-state index is 0.0678. The molecular weight excluding hydrogens is 360 g/mol. The molecule has 0 aromatic carbocycles. The maximum atomic E-state index is 12.0. The number of piperidine rings is 1. The standard InChI is InChI=1S/C18H25ClN2O5/c1-10-12(16(22)24-4)9-13(19)15-14(10)25-18(2,26-15)11-5-7-21(8-6-11)17(23)20-3/h9-11,14H,5-8H2,1-4H3,(H,20,23). The van der Waals surface area contributed by atoms with Crippen molar-refractivity contribution in [1.82, 2.24) is 10.2 Å². The van der Waals surface area contributed by atoms with E-state index in [1.165, 1.54) is 7.11 Å². The Morgan fingerprint density at radius 3 is 2.62 bits per heavy atom. The van der Waals surface area contributed by atoms with Gasteiger partial charge >= 0.3 is 12.0 Å². The number of hydrogen-bond acceptors (Lipinski definition) is 5. The highest BCUT2D eigenvalue weighted by atomic mass is 35.5. The molecule has 2 amide bonds. The van der Waals surface area contributed by atoms with Crippen LogP contribution in [0, 0.1) is 11.8 Å². The van der Waals surface area contributed by atoms with Crippen molar-refractivity contribution in [3.8, 4) is 0 Å². The van der Waals surface area contributed by atoms with Crippen LogP contribution in [0.25, 0.3) is 0 Å². The molecule has 2 fully saturated rings. The van der Waals surface area contributed by atoms with Crippen molar-refractivity contribution in [1.29, 1.82) is 0 Å². The first kappa shape index (κ1) is 19.0. The first-order valence-corrected chi connectivity index (χ1v) is 9.21. The molecular formula is C18H25ClN2O5. The predicted molar refractivity (Wildman–Crippen MR) is 95.3 cm³/mol. The SMILES string of the molecule is CNC(=O)N1CCC(C2(C)OC3=C(Cl)C=C(C(=O)OC)C(C)C3O2)CC1. The lowest BCUT2D eigenvalue weighted by molar-refractivity contribution is -0.197. The summed E-state index contributed by atoms with van der Waals surface area (Å²) in [5, 5.41) is 3.03. The van der Waals surface area contributed by atoms with E-state index < -0.39 is 17.9 Å². The summed E-state index contributed by atoms with van der Waals surface area (Å²) >= 11 is 6.36. The Hall–Kier alpha value is -1.73. The van der Waals surface area contributed by atoms with Gasteiger partial charge in [0, 0.05) is 44.5 Å². The minimum Gasteiger partial charge on any atom is -0.466 e. The van der Waals surface area contributed by atoms with Crippen molar-refractivity contribution in [2.45, 2.75) is 38.6 Å². The summed E-state index contributed by atoms with van der Waals surface area (Å²) in [6.07, 6.45) is 2.73. The van der Waals surface area contributed by atoms with Crippen LogP contribution >= 0.6 is 11.6 Å². The van der Waals surface area contributed by atoms with E-state index >= 15 is 0 Å². The molecule has 2 heterocycles. The molecule has 0 aromatic rings. The second-order valence-electron chi connectivity index (χ2n) is 7.07. The number of halogens is 1. The Morgan fingerprint density at radius 2 is 2.04 bits per heavy atom. The number of urea groups is 1. The molecule has 0 radical (unpaired) electrons. The van der Waals surface area contributed by atoms with Crippen molar-refractivity contribution in [2.75, 3.05) is 27.2 Å². The van der Waals surface area contributed by atoms with E-state index in [1.54, 1.807) is 18.0 Å². The van der Waals surface area contributed by atoms with Gasteiger partial charge in [0.05, 0.1) is 12.1 Å². The zero-order valence-electron chi connectivity index (χ0n) is 15.5. The monoisotopic (exact) mass is 384 g/mol. The molecule has 0 spiro atoms. The smallest absolute Gasteiger partial charge is 0.334 e. The molecule has 1 N–H and O–H groups in total. The molecule has 0 aromatic heterocycles. The summed E-state index contributed by atoms with van der Waals surface area (Å²) in [7, 11) is 2.98. The average Bonchev–Trinajstić information content (AvgIpc) is 3.03. The minimum atomic E-state index is -0.831. The molecule has 0 bridgehead atoms. The fraction of sp³-hybridized carbons (Fsp3) is 0.667. The highest BCUT2D eigenvalue weighted by molar-refractivity contribution is 6.32. The van der Waals surface area contributed by atoms with E-state index in [4.69, 9.17) is 25.8 Å². The summed E-state index contributed by atoms with van der Waals surface area (Å²) in [4.78, 5) is 25.5. The molecule has 8 heteroatoms. The van der Waals surface area contributed by atoms with Crippen molar-refractivity contribution in [3.05, 3.63) is 22.4 Å². The lowest BCUT2D eigenvalue weighted by Crippen LogP contribution is -2.48. The van der Waals surface area contributed by atoms with E-state index in [0.717, 1.165) is 12.8 Å². The summed E-state index contributed by atoms with van der Waals surface area (Å²) in [5.74, 6) is -0.760. The zero-order chi connectivity index (χ0) is 19.1. The van der Waals surface area contributed by atoms with Gasteiger partial charge in [0.25, 0.3) is 0 Å². The molecule has 2 saturated heterocycles. The van der Waals surface area contributed by atoms with Crippen LogP contribution in [0.2, 0.25) is 0 Å². The van der Waals surface area contributed by atoms with E-state index in [1.807, 2.05) is 13.8 Å². The van der Waals surface area contributed by atoms with E-state index in [-0.39, 0.29) is 17.9 Å². The van der Waals surface area contributed by atoms with Gasteiger partial charge in [-0.3, -0.25) is 0 Å². The Labute approximate surface area is 158 Å². The lowest BCUT2D eigenvalue weighted by Gasteiger charge is -2.38. The quantitative estimate of drug-likeness (QED) is 0.739. The summed E-state index contributed by atoms with van der Waals surface area (Å²) in [5.41, 5.74) is 0.480. The second-order valence-corrected chi connectivity index (χ2v) is 7.47. The third-order valence-electron chi connectivity index (χ3n) is 5.55. The van der Waals surface area contributed by atoms with Crippen LogP contribution in [-0.2, 0) is 19.0 Å². The van der Waals surface area contributed by atoms with Crippen LogP contribution in [0.3, 0.4) is 0 Å². The van der Waals surface area contributed by atoms with Gasteiger partial charge in [-0.1, -0.05) is 18.5 Å². The van der Waals surface area contributed by atoms with Crippen molar-refractivity contribution in [2.24, 2.45) is 11.8 Å². The van der Waals surface area contributed by atoms with Crippen molar-refractivity contribution < 1.29 is 23.8 Å². The number of hydrogen-bond donors (Lipinski definition) is 1. The first-order valence-electron chi connectivity index (χ1n) is 8.83. The van der Waals surface area contributed by atoms with Gasteiger partial charge in [-0.2, -0.15) is 0 Å². The van der Waals surface area contributed by atoms with E-state index in [0.29, 0.717) is 29.5 Å². The summed E-state index contributed by atoms with van der Waals surface area (Å²) in [6.45, 7) is 5.10. The molecule has 3 aliphatic rings. The van der Waals surface area contributed by atoms with Crippen LogP contribution in [-0.4, -0.2) is 56.0 Å². The number of ether oxygens (including phenoxy) is 3. The molecule has 1 aliphatic carbocycles. The van der Waals surface area contributed by atoms with Gasteiger partial charge in [-0.25, -0.2) is 9.59 Å². The van der Waals surface area contributed by atoms with Crippen LogP contribution < -0.4 is 5.32 Å². The number of likely N-dealkylation sites (tertiary alicyclic amines) is 1. The molecule has 26 heavy (non-hydrogen) atoms. The number of nitrogens with one attached hydrogen (secondary N) is 1. The molecule has 144 valence electrons. The normalized spacial score (nSPS) is 31.9. The van der Waals surface area contributed by atoms with Gasteiger partial charge in [-0.15, -0.1) is 0 Å². The second kappa shape index (κ2) is 7.12. The van der Waals surface area contributed by atoms with Gasteiger partial charge in [-0.05, 0) is 18.9 Å². The number of nitrogens with zero attached hydrogens (tertiary/aromatic N) is 1. The van der Waals surface area contributed by atoms with Crippen LogP contribution in [0.1, 0.15) is 26.7 Å². The number of carbonyl (C=O) groups is 2. The van der Waals surface area contributed by atoms with Gasteiger partial charge < -0.3 is 24.4 Å². The Bertz CT molecular complexity index is 668. The number of esters is 1. The predicted octanol–water partition coefficient (Wildman–Crippen LogP) is 2.37. The maximum absolute atomic E-state index is 12.0. The highest BCUT2D eigenvalue weighted by Crippen LogP contribution is 2.48. The van der Waals surface area contributed by atoms with Crippen LogP contribution in [0.4, 0.5) is 4.79 Å². The Kier molecular flexibility index (Phi) is 5.21. The number of amides is 2. The summed E-state index contributed by atoms with van der Waals surface area (Å²) in [6, 6.07) is -0.0678. The third kappa shape index (κ3) is 3.18. The van der Waals surface area contributed by atoms with Crippen molar-refractivity contribution >= 4 is 23.6 Å². The number of carbonyl (C=O) groups excluding carboxylic acids is 2. The van der Waals surface area contributed by atoms with Crippen molar-refractivity contribution in [3.63, 3.8) is 0 Å². The molecule has 3 unspecified atom stereocenters. The van der Waals surface area contributed by atoms with Gasteiger partial charge in [0.15, 0.2) is 0 Å². The number of methoxy groups -OCH3 is 1. The largest absolute Gasteiger partial charge is 0.466 e.